The quantitative estimate of drug-likeness (QED) is 0.710. The first-order chi connectivity index (χ1) is 11.3. The Kier molecular flexibility index (Phi) is 4.88. The van der Waals surface area contributed by atoms with Gasteiger partial charge in [0, 0.05) is 18.5 Å². The van der Waals surface area contributed by atoms with E-state index in [1.807, 2.05) is 24.3 Å². The Morgan fingerprint density at radius 3 is 2.91 bits per heavy atom. The number of hydrogen-bond acceptors (Lipinski definition) is 5. The van der Waals surface area contributed by atoms with Crippen LogP contribution in [0.25, 0.3) is 11.5 Å². The molecule has 3 rings (SSSR count). The molecule has 1 aromatic carbocycles. The minimum Gasteiger partial charge on any atom is -0.468 e. The number of nitrogens with zero attached hydrogens (tertiary/aromatic N) is 2. The molecule has 0 bridgehead atoms. The number of rotatable bonds is 7. The lowest BCUT2D eigenvalue weighted by Gasteiger charge is -2.11. The van der Waals surface area contributed by atoms with E-state index in [1.54, 1.807) is 6.26 Å². The minimum absolute atomic E-state index is 0.160. The molecule has 5 heteroatoms. The Morgan fingerprint density at radius 2 is 2.13 bits per heavy atom. The van der Waals surface area contributed by atoms with Crippen molar-refractivity contribution in [1.29, 1.82) is 0 Å². The Balaban J connectivity index is 1.67. The molecular weight excluding hydrogens is 290 g/mol. The van der Waals surface area contributed by atoms with Gasteiger partial charge in [0.25, 0.3) is 5.89 Å². The average molecular weight is 311 g/mol. The van der Waals surface area contributed by atoms with Gasteiger partial charge in [-0.25, -0.2) is 0 Å². The monoisotopic (exact) mass is 311 g/mol. The van der Waals surface area contributed by atoms with Gasteiger partial charge in [0.05, 0.1) is 12.3 Å². The second-order valence-corrected chi connectivity index (χ2v) is 5.58. The van der Waals surface area contributed by atoms with Gasteiger partial charge in [-0.1, -0.05) is 24.2 Å². The molecule has 5 nitrogen and oxygen atoms in total. The van der Waals surface area contributed by atoms with Crippen LogP contribution in [0.2, 0.25) is 0 Å². The summed E-state index contributed by atoms with van der Waals surface area (Å²) in [7, 11) is 0. The number of hydrogen-bond donors (Lipinski definition) is 1. The molecule has 0 saturated heterocycles. The summed E-state index contributed by atoms with van der Waals surface area (Å²) < 4.78 is 10.8. The van der Waals surface area contributed by atoms with E-state index in [0.717, 1.165) is 42.1 Å². The summed E-state index contributed by atoms with van der Waals surface area (Å²) in [6.07, 6.45) is 3.54. The van der Waals surface area contributed by atoms with E-state index in [2.05, 4.69) is 41.4 Å². The zero-order valence-electron chi connectivity index (χ0n) is 13.5. The van der Waals surface area contributed by atoms with Gasteiger partial charge in [0.1, 0.15) is 5.76 Å². The van der Waals surface area contributed by atoms with Gasteiger partial charge < -0.3 is 14.3 Å². The third kappa shape index (κ3) is 3.87. The lowest BCUT2D eigenvalue weighted by Crippen LogP contribution is -2.17. The van der Waals surface area contributed by atoms with Gasteiger partial charge in [-0.15, -0.1) is 0 Å². The zero-order chi connectivity index (χ0) is 16.1. The fourth-order valence-electron chi connectivity index (χ4n) is 2.42. The van der Waals surface area contributed by atoms with Crippen molar-refractivity contribution in [2.24, 2.45) is 0 Å². The van der Waals surface area contributed by atoms with Gasteiger partial charge in [0.15, 0.2) is 5.82 Å². The molecule has 0 unspecified atom stereocenters. The first-order valence-electron chi connectivity index (χ1n) is 7.95. The molecule has 1 N–H and O–H groups in total. The van der Waals surface area contributed by atoms with E-state index in [-0.39, 0.29) is 6.04 Å². The van der Waals surface area contributed by atoms with Crippen LogP contribution in [0.4, 0.5) is 0 Å². The standard InChI is InChI=1S/C18H21N3O2/c1-3-6-17-20-18(23-21-17)15-8-4-7-14(11-15)12-19-13(2)16-9-5-10-22-16/h4-5,7-11,13,19H,3,6,12H2,1-2H3/t13-/m1/s1. The Bertz CT molecular complexity index is 734. The fraction of sp³-hybridized carbons (Fsp3) is 0.333. The molecule has 0 saturated carbocycles. The smallest absolute Gasteiger partial charge is 0.257 e. The normalized spacial score (nSPS) is 12.4. The van der Waals surface area contributed by atoms with E-state index < -0.39 is 0 Å². The molecule has 0 radical (unpaired) electrons. The van der Waals surface area contributed by atoms with Crippen LogP contribution in [-0.2, 0) is 13.0 Å². The molecule has 23 heavy (non-hydrogen) atoms. The molecule has 0 aliphatic heterocycles. The lowest BCUT2D eigenvalue weighted by molar-refractivity contribution is 0.421. The van der Waals surface area contributed by atoms with E-state index in [4.69, 9.17) is 8.94 Å². The van der Waals surface area contributed by atoms with E-state index in [9.17, 15) is 0 Å². The van der Waals surface area contributed by atoms with Crippen molar-refractivity contribution in [3.63, 3.8) is 0 Å². The van der Waals surface area contributed by atoms with Crippen molar-refractivity contribution in [2.75, 3.05) is 0 Å². The third-order valence-electron chi connectivity index (χ3n) is 3.70. The molecule has 0 aliphatic rings. The van der Waals surface area contributed by atoms with Gasteiger partial charge >= 0.3 is 0 Å². The molecule has 3 aromatic rings. The molecule has 0 fully saturated rings. The predicted molar refractivity (Wildman–Crippen MR) is 87.7 cm³/mol. The van der Waals surface area contributed by atoms with Gasteiger partial charge in [0.2, 0.25) is 0 Å². The molecular formula is C18H21N3O2. The van der Waals surface area contributed by atoms with E-state index >= 15 is 0 Å². The predicted octanol–water partition coefficient (Wildman–Crippen LogP) is 4.13. The van der Waals surface area contributed by atoms with Crippen LogP contribution in [0.15, 0.2) is 51.6 Å². The molecule has 2 heterocycles. The maximum atomic E-state index is 5.41. The molecule has 120 valence electrons. The van der Waals surface area contributed by atoms with Crippen LogP contribution >= 0.6 is 0 Å². The second-order valence-electron chi connectivity index (χ2n) is 5.58. The first-order valence-corrected chi connectivity index (χ1v) is 7.95. The Hall–Kier alpha value is -2.40. The summed E-state index contributed by atoms with van der Waals surface area (Å²) in [5.41, 5.74) is 2.11. The molecule has 0 amide bonds. The summed E-state index contributed by atoms with van der Waals surface area (Å²) in [5, 5.41) is 7.45. The summed E-state index contributed by atoms with van der Waals surface area (Å²) in [5.74, 6) is 2.27. The maximum absolute atomic E-state index is 5.41. The van der Waals surface area contributed by atoms with Crippen LogP contribution in [0.5, 0.6) is 0 Å². The first kappa shape index (κ1) is 15.5. The summed E-state index contributed by atoms with van der Waals surface area (Å²) in [6.45, 7) is 4.92. The molecule has 0 aliphatic carbocycles. The summed E-state index contributed by atoms with van der Waals surface area (Å²) in [6, 6.07) is 12.2. The summed E-state index contributed by atoms with van der Waals surface area (Å²) in [4.78, 5) is 4.43. The second kappa shape index (κ2) is 7.24. The van der Waals surface area contributed by atoms with Gasteiger partial charge in [-0.2, -0.15) is 4.98 Å². The van der Waals surface area contributed by atoms with Crippen molar-refractivity contribution in [1.82, 2.24) is 15.5 Å². The number of aromatic nitrogens is 2. The van der Waals surface area contributed by atoms with Gasteiger partial charge in [-0.3, -0.25) is 0 Å². The van der Waals surface area contributed by atoms with E-state index in [1.165, 1.54) is 0 Å². The highest BCUT2D eigenvalue weighted by molar-refractivity contribution is 5.54. The van der Waals surface area contributed by atoms with Crippen molar-refractivity contribution in [3.05, 3.63) is 59.8 Å². The summed E-state index contributed by atoms with van der Waals surface area (Å²) >= 11 is 0. The highest BCUT2D eigenvalue weighted by atomic mass is 16.5. The van der Waals surface area contributed by atoms with Crippen LogP contribution in [0.3, 0.4) is 0 Å². The van der Waals surface area contributed by atoms with Gasteiger partial charge in [-0.05, 0) is 43.2 Å². The van der Waals surface area contributed by atoms with E-state index in [0.29, 0.717) is 5.89 Å². The molecule has 0 spiro atoms. The number of nitrogens with one attached hydrogen (secondary N) is 1. The number of aryl methyl sites for hydroxylation is 1. The van der Waals surface area contributed by atoms with Crippen molar-refractivity contribution < 1.29 is 8.94 Å². The molecule has 2 aromatic heterocycles. The number of benzene rings is 1. The topological polar surface area (TPSA) is 64.1 Å². The Labute approximate surface area is 135 Å². The molecule has 1 atom stereocenters. The van der Waals surface area contributed by atoms with Crippen LogP contribution < -0.4 is 5.32 Å². The third-order valence-corrected chi connectivity index (χ3v) is 3.70. The minimum atomic E-state index is 0.160. The SMILES string of the molecule is CCCc1noc(-c2cccc(CN[C@H](C)c3ccco3)c2)n1. The Morgan fingerprint density at radius 1 is 1.22 bits per heavy atom. The number of furan rings is 1. The average Bonchev–Trinajstić information content (AvgIpc) is 3.25. The van der Waals surface area contributed by atoms with Crippen LogP contribution in [0, 0.1) is 0 Å². The zero-order valence-corrected chi connectivity index (χ0v) is 13.5. The lowest BCUT2D eigenvalue weighted by atomic mass is 10.1. The maximum Gasteiger partial charge on any atom is 0.257 e. The van der Waals surface area contributed by atoms with Crippen LogP contribution in [0.1, 0.15) is 43.5 Å². The van der Waals surface area contributed by atoms with Crippen LogP contribution in [-0.4, -0.2) is 10.1 Å². The van der Waals surface area contributed by atoms with Crippen molar-refractivity contribution in [2.45, 2.75) is 39.3 Å². The fourth-order valence-corrected chi connectivity index (χ4v) is 2.42. The highest BCUT2D eigenvalue weighted by Crippen LogP contribution is 2.20. The van der Waals surface area contributed by atoms with Crippen molar-refractivity contribution in [3.8, 4) is 11.5 Å². The van der Waals surface area contributed by atoms with Crippen molar-refractivity contribution >= 4 is 0 Å². The highest BCUT2D eigenvalue weighted by Gasteiger charge is 2.10. The largest absolute Gasteiger partial charge is 0.468 e.